The van der Waals surface area contributed by atoms with Gasteiger partial charge in [0.05, 0.1) is 6.07 Å². The maximum Gasteiger partial charge on any atom is 0.256 e. The van der Waals surface area contributed by atoms with Crippen LogP contribution in [-0.2, 0) is 0 Å². The average molecular weight is 234 g/mol. The van der Waals surface area contributed by atoms with Crippen molar-refractivity contribution in [2.75, 3.05) is 14.1 Å². The molecule has 0 fully saturated rings. The van der Waals surface area contributed by atoms with Crippen LogP contribution >= 0.6 is 12.4 Å². The third-order valence-corrected chi connectivity index (χ3v) is 1.39. The quantitative estimate of drug-likeness (QED) is 0.444. The van der Waals surface area contributed by atoms with E-state index in [-0.39, 0.29) is 30.2 Å². The molecule has 0 radical (unpaired) electrons. The van der Waals surface area contributed by atoms with Crippen LogP contribution < -0.4 is 11.3 Å². The van der Waals surface area contributed by atoms with Gasteiger partial charge >= 0.3 is 0 Å². The van der Waals surface area contributed by atoms with Gasteiger partial charge in [-0.25, -0.2) is 0 Å². The molecule has 0 saturated carbocycles. The van der Waals surface area contributed by atoms with E-state index in [1.165, 1.54) is 0 Å². The van der Waals surface area contributed by atoms with Crippen molar-refractivity contribution in [3.05, 3.63) is 16.4 Å². The topological polar surface area (TPSA) is 108 Å². The van der Waals surface area contributed by atoms with Crippen LogP contribution in [0.3, 0.4) is 0 Å². The molecule has 0 amide bonds. The molecular formula is C7H12ClN5O2. The highest BCUT2D eigenvalue weighted by molar-refractivity contribution is 5.85. The number of rotatable bonds is 1. The molecule has 0 aromatic carbocycles. The third kappa shape index (κ3) is 3.86. The zero-order valence-electron chi connectivity index (χ0n) is 8.26. The maximum atomic E-state index is 10.9. The molecule has 0 aliphatic carbocycles. The molecule has 15 heavy (non-hydrogen) atoms. The number of guanidine groups is 1. The van der Waals surface area contributed by atoms with Gasteiger partial charge in [-0.3, -0.25) is 9.78 Å². The summed E-state index contributed by atoms with van der Waals surface area (Å²) in [6.07, 6.45) is 0. The molecule has 7 nitrogen and oxygen atoms in total. The monoisotopic (exact) mass is 233 g/mol. The Kier molecular flexibility index (Phi) is 4.59. The predicted octanol–water partition coefficient (Wildman–Crippen LogP) is -0.595. The highest BCUT2D eigenvalue weighted by atomic mass is 35.5. The molecule has 0 aliphatic rings. The number of nitrogens with two attached hydrogens (primary N) is 1. The molecule has 8 heteroatoms. The van der Waals surface area contributed by atoms with Crippen molar-refractivity contribution in [2.45, 2.75) is 0 Å². The first-order valence-corrected chi connectivity index (χ1v) is 3.81. The molecule has 1 rings (SSSR count). The molecule has 0 unspecified atom stereocenters. The number of hydrogen-bond acceptors (Lipinski definition) is 4. The van der Waals surface area contributed by atoms with E-state index < -0.39 is 5.56 Å². The lowest BCUT2D eigenvalue weighted by Gasteiger charge is -2.09. The van der Waals surface area contributed by atoms with Crippen molar-refractivity contribution < 1.29 is 5.11 Å². The largest absolute Gasteiger partial charge is 0.493 e. The number of nitrogens with zero attached hydrogens (tertiary/aromatic N) is 3. The molecule has 1 aromatic heterocycles. The number of hydrogen-bond donors (Lipinski definition) is 3. The molecule has 0 atom stereocenters. The van der Waals surface area contributed by atoms with E-state index in [0.29, 0.717) is 0 Å². The normalized spacial score (nSPS) is 10.7. The van der Waals surface area contributed by atoms with E-state index in [2.05, 4.69) is 15.0 Å². The summed E-state index contributed by atoms with van der Waals surface area (Å²) in [7, 11) is 3.39. The van der Waals surface area contributed by atoms with E-state index >= 15 is 0 Å². The number of aliphatic imine (C=N–C) groups is 1. The first-order chi connectivity index (χ1) is 6.49. The lowest BCUT2D eigenvalue weighted by atomic mass is 10.6. The van der Waals surface area contributed by atoms with Crippen LogP contribution in [0.5, 0.6) is 5.88 Å². The summed E-state index contributed by atoms with van der Waals surface area (Å²) in [6.45, 7) is 0. The molecular weight excluding hydrogens is 222 g/mol. The van der Waals surface area contributed by atoms with E-state index in [0.717, 1.165) is 6.07 Å². The van der Waals surface area contributed by atoms with Gasteiger partial charge in [-0.15, -0.1) is 12.4 Å². The lowest BCUT2D eigenvalue weighted by Crippen LogP contribution is -2.30. The van der Waals surface area contributed by atoms with Crippen LogP contribution in [0.25, 0.3) is 0 Å². The number of aromatic amines is 1. The first-order valence-electron chi connectivity index (χ1n) is 3.81. The Morgan fingerprint density at radius 2 is 2.27 bits per heavy atom. The van der Waals surface area contributed by atoms with Crippen molar-refractivity contribution in [2.24, 2.45) is 10.7 Å². The fraction of sp³-hybridized carbons (Fsp3) is 0.286. The number of aromatic hydroxyl groups is 1. The van der Waals surface area contributed by atoms with Crippen molar-refractivity contribution in [3.8, 4) is 5.88 Å². The van der Waals surface area contributed by atoms with Crippen LogP contribution in [-0.4, -0.2) is 40.0 Å². The third-order valence-electron chi connectivity index (χ3n) is 1.39. The summed E-state index contributed by atoms with van der Waals surface area (Å²) in [5.41, 5.74) is 5.00. The second-order valence-electron chi connectivity index (χ2n) is 2.79. The van der Waals surface area contributed by atoms with Gasteiger partial charge in [-0.05, 0) is 0 Å². The molecule has 0 bridgehead atoms. The Balaban J connectivity index is 0.00000196. The minimum absolute atomic E-state index is 0. The maximum absolute atomic E-state index is 10.9. The summed E-state index contributed by atoms with van der Waals surface area (Å²) in [5.74, 6) is -0.237. The van der Waals surface area contributed by atoms with Gasteiger partial charge in [0.25, 0.3) is 5.56 Å². The zero-order chi connectivity index (χ0) is 10.7. The van der Waals surface area contributed by atoms with Crippen LogP contribution in [0, 0.1) is 0 Å². The summed E-state index contributed by atoms with van der Waals surface area (Å²) in [4.78, 5) is 22.1. The zero-order valence-corrected chi connectivity index (χ0v) is 9.08. The van der Waals surface area contributed by atoms with Crippen molar-refractivity contribution in [1.82, 2.24) is 14.9 Å². The van der Waals surface area contributed by atoms with Gasteiger partial charge in [0.15, 0.2) is 5.96 Å². The molecule has 0 saturated heterocycles. The van der Waals surface area contributed by atoms with Crippen molar-refractivity contribution >= 4 is 24.3 Å². The van der Waals surface area contributed by atoms with Crippen LogP contribution in [0.1, 0.15) is 0 Å². The first kappa shape index (κ1) is 13.2. The summed E-state index contributed by atoms with van der Waals surface area (Å²) in [5, 5.41) is 8.99. The summed E-state index contributed by atoms with van der Waals surface area (Å²) >= 11 is 0. The van der Waals surface area contributed by atoms with E-state index in [1.807, 2.05) is 0 Å². The van der Waals surface area contributed by atoms with Gasteiger partial charge in [0, 0.05) is 14.1 Å². The number of halogens is 1. The Morgan fingerprint density at radius 1 is 1.67 bits per heavy atom. The molecule has 0 spiro atoms. The van der Waals surface area contributed by atoms with Crippen LogP contribution in [0.2, 0.25) is 0 Å². The summed E-state index contributed by atoms with van der Waals surface area (Å²) < 4.78 is 0. The smallest absolute Gasteiger partial charge is 0.256 e. The Labute approximate surface area is 92.1 Å². The fourth-order valence-corrected chi connectivity index (χ4v) is 0.694. The standard InChI is InChI=1S/C7H11N5O2.ClH/c1-12(2)6(8)11-7-9-4(13)3-5(14)10-7;/h3H,1-2H3,(H4,8,9,10,11,13,14);1H. The lowest BCUT2D eigenvalue weighted by molar-refractivity contribution is 0.451. The van der Waals surface area contributed by atoms with Gasteiger partial charge in [-0.2, -0.15) is 9.98 Å². The van der Waals surface area contributed by atoms with Gasteiger partial charge in [-0.1, -0.05) is 0 Å². The Bertz CT molecular complexity index is 414. The highest BCUT2D eigenvalue weighted by Crippen LogP contribution is 2.05. The van der Waals surface area contributed by atoms with E-state index in [4.69, 9.17) is 10.8 Å². The minimum Gasteiger partial charge on any atom is -0.493 e. The number of aromatic nitrogens is 2. The second kappa shape index (κ2) is 5.20. The van der Waals surface area contributed by atoms with Crippen LogP contribution in [0.15, 0.2) is 15.9 Å². The van der Waals surface area contributed by atoms with Gasteiger partial charge in [0.1, 0.15) is 0 Å². The molecule has 84 valence electrons. The van der Waals surface area contributed by atoms with Crippen LogP contribution in [0.4, 0.5) is 5.95 Å². The molecule has 4 N–H and O–H groups in total. The van der Waals surface area contributed by atoms with Gasteiger partial charge in [0.2, 0.25) is 11.8 Å². The number of H-pyrrole nitrogens is 1. The summed E-state index contributed by atoms with van der Waals surface area (Å²) in [6, 6.07) is 0.949. The molecule has 1 aromatic rings. The predicted molar refractivity (Wildman–Crippen MR) is 58.7 cm³/mol. The SMILES string of the molecule is CN(C)C(N)=Nc1nc(O)cc(=O)[nH]1.Cl. The molecule has 0 aliphatic heterocycles. The van der Waals surface area contributed by atoms with Crippen molar-refractivity contribution in [1.29, 1.82) is 0 Å². The fourth-order valence-electron chi connectivity index (χ4n) is 0.694. The number of nitrogens with one attached hydrogen (secondary N) is 1. The average Bonchev–Trinajstić information content (AvgIpc) is 2.01. The van der Waals surface area contributed by atoms with E-state index in [9.17, 15) is 4.79 Å². The molecule has 1 heterocycles. The van der Waals surface area contributed by atoms with Crippen molar-refractivity contribution in [3.63, 3.8) is 0 Å². The highest BCUT2D eigenvalue weighted by Gasteiger charge is 2.00. The Morgan fingerprint density at radius 3 is 2.73 bits per heavy atom. The Hall–Kier alpha value is -1.76. The van der Waals surface area contributed by atoms with E-state index in [1.54, 1.807) is 19.0 Å². The second-order valence-corrected chi connectivity index (χ2v) is 2.79. The van der Waals surface area contributed by atoms with Gasteiger partial charge < -0.3 is 15.7 Å². The minimum atomic E-state index is -0.484.